The normalized spacial score (nSPS) is 7.82. The molecule has 1 rings (SSSR count). The minimum Gasteiger partial charge on any atom is -0.300 e. The third-order valence-electron chi connectivity index (χ3n) is 1.09. The topological polar surface area (TPSA) is 48.7 Å². The molecule has 0 saturated heterocycles. The van der Waals surface area contributed by atoms with Crippen molar-refractivity contribution in [1.82, 2.24) is 4.98 Å². The number of rotatable bonds is 1. The Balaban J connectivity index is 2.87. The predicted octanol–water partition coefficient (Wildman–Crippen LogP) is 0.956. The summed E-state index contributed by atoms with van der Waals surface area (Å²) in [7, 11) is 0. The Labute approximate surface area is 64.7 Å². The second-order valence-electron chi connectivity index (χ2n) is 1.81. The molecule has 0 spiro atoms. The molecule has 3 nitrogen and oxygen atoms in total. The number of nitrogens with one attached hydrogen (secondary N) is 1. The van der Waals surface area contributed by atoms with Gasteiger partial charge in [-0.2, -0.15) is 5.26 Å². The highest BCUT2D eigenvalue weighted by Gasteiger charge is 1.90. The highest BCUT2D eigenvalue weighted by Crippen LogP contribution is 2.02. The van der Waals surface area contributed by atoms with Gasteiger partial charge in [-0.25, -0.2) is 4.98 Å². The predicted molar refractivity (Wildman–Crippen MR) is 41.4 cm³/mol. The van der Waals surface area contributed by atoms with Crippen molar-refractivity contribution in [2.24, 2.45) is 0 Å². The second kappa shape index (κ2) is 3.24. The molecule has 0 unspecified atom stereocenters. The maximum absolute atomic E-state index is 8.41. The van der Waals surface area contributed by atoms with Gasteiger partial charge in [-0.15, -0.1) is 0 Å². The molecule has 0 aliphatic rings. The van der Waals surface area contributed by atoms with Crippen molar-refractivity contribution in [3.05, 3.63) is 23.9 Å². The van der Waals surface area contributed by atoms with Crippen LogP contribution in [0.5, 0.6) is 0 Å². The lowest BCUT2D eigenvalue weighted by atomic mass is 10.3. The van der Waals surface area contributed by atoms with E-state index in [4.69, 9.17) is 11.7 Å². The molecule has 0 amide bonds. The molecule has 0 atom stereocenters. The molecular formula is C8H5N3. The van der Waals surface area contributed by atoms with Crippen LogP contribution >= 0.6 is 0 Å². The van der Waals surface area contributed by atoms with E-state index in [0.717, 1.165) is 0 Å². The van der Waals surface area contributed by atoms with E-state index in [1.54, 1.807) is 12.1 Å². The van der Waals surface area contributed by atoms with E-state index in [9.17, 15) is 0 Å². The fraction of sp³-hybridized carbons (Fsp3) is 0. The lowest BCUT2D eigenvalue weighted by Gasteiger charge is -1.94. The van der Waals surface area contributed by atoms with Gasteiger partial charge in [0, 0.05) is 12.2 Å². The van der Waals surface area contributed by atoms with E-state index in [-0.39, 0.29) is 0 Å². The highest BCUT2D eigenvalue weighted by atomic mass is 15.0. The van der Waals surface area contributed by atoms with Crippen LogP contribution in [-0.2, 0) is 0 Å². The highest BCUT2D eigenvalue weighted by molar-refractivity contribution is 5.42. The number of hydrogen-bond acceptors (Lipinski definition) is 3. The zero-order chi connectivity index (χ0) is 8.10. The number of pyridine rings is 1. The number of anilines is 1. The number of hydrogen-bond donors (Lipinski definition) is 1. The molecule has 0 bridgehead atoms. The maximum atomic E-state index is 8.41. The zero-order valence-corrected chi connectivity index (χ0v) is 5.70. The molecule has 1 N–H and O–H groups in total. The molecule has 1 heterocycles. The fourth-order valence-corrected chi connectivity index (χ4v) is 0.608. The van der Waals surface area contributed by atoms with Crippen molar-refractivity contribution in [1.29, 1.82) is 5.26 Å². The molecule has 0 aromatic carbocycles. The minimum atomic E-state index is 0.521. The average Bonchev–Trinajstić information content (AvgIpc) is 2.07. The molecule has 1 aromatic heterocycles. The smallest absolute Gasteiger partial charge is 0.137 e. The van der Waals surface area contributed by atoms with E-state index in [0.29, 0.717) is 11.4 Å². The number of terminal acetylenes is 1. The first kappa shape index (κ1) is 7.11. The van der Waals surface area contributed by atoms with Crippen LogP contribution < -0.4 is 5.32 Å². The van der Waals surface area contributed by atoms with E-state index in [1.807, 2.05) is 6.07 Å². The largest absolute Gasteiger partial charge is 0.300 e. The molecule has 52 valence electrons. The standard InChI is InChI=1S/C8H5N3/c1-2-10-8-4-3-7(5-9)6-11-8/h1,3-4,6H,(H,10,11). The van der Waals surface area contributed by atoms with Crippen LogP contribution in [0.3, 0.4) is 0 Å². The summed E-state index contributed by atoms with van der Waals surface area (Å²) in [5.41, 5.74) is 0.521. The molecule has 11 heavy (non-hydrogen) atoms. The SMILES string of the molecule is C#CNc1ccc(C#N)cn1. The van der Waals surface area contributed by atoms with Crippen LogP contribution in [0.15, 0.2) is 18.3 Å². The first-order valence-electron chi connectivity index (χ1n) is 2.94. The van der Waals surface area contributed by atoms with Gasteiger partial charge < -0.3 is 0 Å². The minimum absolute atomic E-state index is 0.521. The lowest BCUT2D eigenvalue weighted by molar-refractivity contribution is 1.30. The van der Waals surface area contributed by atoms with E-state index >= 15 is 0 Å². The van der Waals surface area contributed by atoms with Gasteiger partial charge >= 0.3 is 0 Å². The molecule has 1 aromatic rings. The van der Waals surface area contributed by atoms with Gasteiger partial charge in [-0.05, 0) is 12.1 Å². The van der Waals surface area contributed by atoms with E-state index in [1.165, 1.54) is 6.20 Å². The average molecular weight is 143 g/mol. The van der Waals surface area contributed by atoms with Crippen molar-refractivity contribution < 1.29 is 0 Å². The van der Waals surface area contributed by atoms with E-state index in [2.05, 4.69) is 16.3 Å². The van der Waals surface area contributed by atoms with Crippen LogP contribution in [-0.4, -0.2) is 4.98 Å². The maximum Gasteiger partial charge on any atom is 0.137 e. The lowest BCUT2D eigenvalue weighted by Crippen LogP contribution is -1.90. The first-order valence-corrected chi connectivity index (χ1v) is 2.94. The Kier molecular flexibility index (Phi) is 2.09. The van der Waals surface area contributed by atoms with Crippen molar-refractivity contribution in [2.75, 3.05) is 5.32 Å². The second-order valence-corrected chi connectivity index (χ2v) is 1.81. The Morgan fingerprint density at radius 1 is 1.55 bits per heavy atom. The fourth-order valence-electron chi connectivity index (χ4n) is 0.608. The molecule has 0 saturated carbocycles. The van der Waals surface area contributed by atoms with E-state index < -0.39 is 0 Å². The van der Waals surface area contributed by atoms with Crippen molar-refractivity contribution in [3.63, 3.8) is 0 Å². The monoisotopic (exact) mass is 143 g/mol. The molecule has 3 heteroatoms. The van der Waals surface area contributed by atoms with Gasteiger partial charge in [0.2, 0.25) is 0 Å². The quantitative estimate of drug-likeness (QED) is 0.470. The van der Waals surface area contributed by atoms with Crippen molar-refractivity contribution in [3.8, 4) is 18.5 Å². The molecule has 0 radical (unpaired) electrons. The van der Waals surface area contributed by atoms with Crippen LogP contribution in [0.1, 0.15) is 5.56 Å². The van der Waals surface area contributed by atoms with Crippen LogP contribution in [0.4, 0.5) is 5.82 Å². The molecule has 0 aliphatic heterocycles. The van der Waals surface area contributed by atoms with Crippen LogP contribution in [0, 0.1) is 23.8 Å². The Hall–Kier alpha value is -2.00. The number of nitriles is 1. The van der Waals surface area contributed by atoms with Gasteiger partial charge in [0.15, 0.2) is 0 Å². The molecule has 0 fully saturated rings. The molecule has 0 aliphatic carbocycles. The first-order chi connectivity index (χ1) is 5.36. The summed E-state index contributed by atoms with van der Waals surface area (Å²) in [6.07, 6.45) is 6.42. The van der Waals surface area contributed by atoms with Gasteiger partial charge in [-0.1, -0.05) is 6.42 Å². The van der Waals surface area contributed by atoms with Crippen molar-refractivity contribution >= 4 is 5.82 Å². The van der Waals surface area contributed by atoms with Gasteiger partial charge in [0.05, 0.1) is 5.56 Å². The van der Waals surface area contributed by atoms with Gasteiger partial charge in [0.1, 0.15) is 11.9 Å². The van der Waals surface area contributed by atoms with Gasteiger partial charge in [-0.3, -0.25) is 5.32 Å². The summed E-state index contributed by atoms with van der Waals surface area (Å²) < 4.78 is 0. The molecular weight excluding hydrogens is 138 g/mol. The summed E-state index contributed by atoms with van der Waals surface area (Å²) in [6.45, 7) is 0. The van der Waals surface area contributed by atoms with Crippen LogP contribution in [0.25, 0.3) is 0 Å². The summed E-state index contributed by atoms with van der Waals surface area (Å²) in [5, 5.41) is 11.0. The Bertz CT molecular complexity index is 313. The summed E-state index contributed by atoms with van der Waals surface area (Å²) in [4.78, 5) is 3.86. The third-order valence-corrected chi connectivity index (χ3v) is 1.09. The zero-order valence-electron chi connectivity index (χ0n) is 5.70. The van der Waals surface area contributed by atoms with Crippen LogP contribution in [0.2, 0.25) is 0 Å². The third kappa shape index (κ3) is 1.70. The summed E-state index contributed by atoms with van der Waals surface area (Å²) in [5.74, 6) is 0.575. The summed E-state index contributed by atoms with van der Waals surface area (Å²) in [6, 6.07) is 7.48. The number of aromatic nitrogens is 1. The van der Waals surface area contributed by atoms with Crippen molar-refractivity contribution in [2.45, 2.75) is 0 Å². The number of nitrogens with zero attached hydrogens (tertiary/aromatic N) is 2. The Morgan fingerprint density at radius 2 is 2.36 bits per heavy atom. The summed E-state index contributed by atoms with van der Waals surface area (Å²) >= 11 is 0. The Morgan fingerprint density at radius 3 is 2.82 bits per heavy atom. The van der Waals surface area contributed by atoms with Gasteiger partial charge in [0.25, 0.3) is 0 Å².